The van der Waals surface area contributed by atoms with E-state index in [1.807, 2.05) is 6.92 Å². The maximum absolute atomic E-state index is 9.81. The van der Waals surface area contributed by atoms with Gasteiger partial charge in [-0.2, -0.15) is 0 Å². The summed E-state index contributed by atoms with van der Waals surface area (Å²) in [7, 11) is 0. The molecule has 0 fully saturated rings. The lowest BCUT2D eigenvalue weighted by atomic mass is 9.92. The lowest BCUT2D eigenvalue weighted by Gasteiger charge is -2.18. The van der Waals surface area contributed by atoms with Crippen molar-refractivity contribution in [1.82, 2.24) is 5.43 Å². The quantitative estimate of drug-likeness (QED) is 0.493. The standard InChI is InChI=1S/C8H18N2O/c1-6(2)7(3)5-8(4)9-10-11/h6-8H,5H2,1-4H3,(H,9,11). The van der Waals surface area contributed by atoms with E-state index in [0.717, 1.165) is 6.42 Å². The van der Waals surface area contributed by atoms with Gasteiger partial charge in [0.25, 0.3) is 0 Å². The third-order valence-corrected chi connectivity index (χ3v) is 2.14. The molecule has 11 heavy (non-hydrogen) atoms. The average Bonchev–Trinajstić information content (AvgIpc) is 1.87. The van der Waals surface area contributed by atoms with Gasteiger partial charge in [-0.3, -0.25) is 5.43 Å². The van der Waals surface area contributed by atoms with Crippen LogP contribution >= 0.6 is 0 Å². The molecule has 0 aliphatic heterocycles. The number of nitrogens with one attached hydrogen (secondary N) is 1. The number of hydrogen-bond donors (Lipinski definition) is 1. The summed E-state index contributed by atoms with van der Waals surface area (Å²) in [5, 5.41) is 2.65. The summed E-state index contributed by atoms with van der Waals surface area (Å²) in [6.45, 7) is 8.53. The number of rotatable bonds is 5. The van der Waals surface area contributed by atoms with Gasteiger partial charge in [0.2, 0.25) is 0 Å². The first-order chi connectivity index (χ1) is 5.07. The van der Waals surface area contributed by atoms with Crippen LogP contribution in [0.1, 0.15) is 34.1 Å². The van der Waals surface area contributed by atoms with Crippen molar-refractivity contribution in [2.75, 3.05) is 0 Å². The van der Waals surface area contributed by atoms with Crippen LogP contribution in [0.4, 0.5) is 0 Å². The predicted molar refractivity (Wildman–Crippen MR) is 47.0 cm³/mol. The Bertz CT molecular complexity index is 115. The van der Waals surface area contributed by atoms with Crippen molar-refractivity contribution in [2.24, 2.45) is 17.1 Å². The Kier molecular flexibility index (Phi) is 4.83. The molecule has 2 unspecified atom stereocenters. The molecule has 0 aromatic carbocycles. The van der Waals surface area contributed by atoms with E-state index in [9.17, 15) is 4.91 Å². The fraction of sp³-hybridized carbons (Fsp3) is 1.00. The molecule has 0 heterocycles. The molecule has 3 nitrogen and oxygen atoms in total. The Balaban J connectivity index is 3.56. The lowest BCUT2D eigenvalue weighted by molar-refractivity contribution is 0.344. The van der Waals surface area contributed by atoms with Crippen molar-refractivity contribution in [2.45, 2.75) is 40.2 Å². The van der Waals surface area contributed by atoms with Gasteiger partial charge in [0.1, 0.15) is 0 Å². The molecule has 0 amide bonds. The number of nitroso groups, excluding NO2 is 1. The molecule has 0 aliphatic carbocycles. The highest BCUT2D eigenvalue weighted by Crippen LogP contribution is 2.15. The molecular formula is C8H18N2O. The maximum Gasteiger partial charge on any atom is 0.0498 e. The van der Waals surface area contributed by atoms with Gasteiger partial charge in [0, 0.05) is 11.3 Å². The largest absolute Gasteiger partial charge is 0.271 e. The molecule has 0 aromatic heterocycles. The second kappa shape index (κ2) is 5.10. The topological polar surface area (TPSA) is 41.5 Å². The highest BCUT2D eigenvalue weighted by molar-refractivity contribution is 4.65. The minimum atomic E-state index is 0.199. The van der Waals surface area contributed by atoms with Gasteiger partial charge in [-0.05, 0) is 25.2 Å². The highest BCUT2D eigenvalue weighted by atomic mass is 16.3. The highest BCUT2D eigenvalue weighted by Gasteiger charge is 2.11. The molecular weight excluding hydrogens is 140 g/mol. The molecule has 2 atom stereocenters. The Labute approximate surface area is 68.5 Å². The summed E-state index contributed by atoms with van der Waals surface area (Å²) in [6, 6.07) is 0.199. The van der Waals surface area contributed by atoms with Gasteiger partial charge >= 0.3 is 0 Å². The van der Waals surface area contributed by atoms with Crippen LogP contribution in [-0.2, 0) is 0 Å². The van der Waals surface area contributed by atoms with Crippen molar-refractivity contribution < 1.29 is 0 Å². The van der Waals surface area contributed by atoms with E-state index < -0.39 is 0 Å². The van der Waals surface area contributed by atoms with Crippen molar-refractivity contribution in [1.29, 1.82) is 0 Å². The van der Waals surface area contributed by atoms with Crippen molar-refractivity contribution in [3.8, 4) is 0 Å². The van der Waals surface area contributed by atoms with Gasteiger partial charge in [0.15, 0.2) is 0 Å². The molecule has 0 aliphatic rings. The molecule has 0 spiro atoms. The lowest BCUT2D eigenvalue weighted by Crippen LogP contribution is -2.24. The molecule has 0 rings (SSSR count). The summed E-state index contributed by atoms with van der Waals surface area (Å²) >= 11 is 0. The Morgan fingerprint density at radius 3 is 2.18 bits per heavy atom. The molecule has 0 bridgehead atoms. The Morgan fingerprint density at radius 2 is 1.82 bits per heavy atom. The van der Waals surface area contributed by atoms with E-state index in [2.05, 4.69) is 31.5 Å². The van der Waals surface area contributed by atoms with E-state index in [0.29, 0.717) is 11.8 Å². The van der Waals surface area contributed by atoms with E-state index in [-0.39, 0.29) is 6.04 Å². The predicted octanol–water partition coefficient (Wildman–Crippen LogP) is 2.33. The van der Waals surface area contributed by atoms with Crippen molar-refractivity contribution in [3.05, 3.63) is 4.91 Å². The van der Waals surface area contributed by atoms with E-state index >= 15 is 0 Å². The molecule has 66 valence electrons. The van der Waals surface area contributed by atoms with Crippen LogP contribution in [0.2, 0.25) is 0 Å². The van der Waals surface area contributed by atoms with Crippen molar-refractivity contribution >= 4 is 0 Å². The second-order valence-corrected chi connectivity index (χ2v) is 3.58. The van der Waals surface area contributed by atoms with Crippen LogP contribution in [0.25, 0.3) is 0 Å². The van der Waals surface area contributed by atoms with Gasteiger partial charge in [0.05, 0.1) is 0 Å². The van der Waals surface area contributed by atoms with Gasteiger partial charge < -0.3 is 0 Å². The zero-order valence-electron chi connectivity index (χ0n) is 7.79. The molecule has 0 saturated carbocycles. The maximum atomic E-state index is 9.81. The fourth-order valence-electron chi connectivity index (χ4n) is 0.973. The number of nitrogens with zero attached hydrogens (tertiary/aromatic N) is 1. The molecule has 1 N–H and O–H groups in total. The number of hydrogen-bond acceptors (Lipinski definition) is 2. The van der Waals surface area contributed by atoms with Crippen molar-refractivity contribution in [3.63, 3.8) is 0 Å². The summed E-state index contributed by atoms with van der Waals surface area (Å²) in [4.78, 5) is 9.81. The van der Waals surface area contributed by atoms with Crippen LogP contribution < -0.4 is 5.43 Å². The molecule has 0 aromatic rings. The van der Waals surface area contributed by atoms with E-state index in [4.69, 9.17) is 0 Å². The minimum absolute atomic E-state index is 0.199. The SMILES string of the molecule is CC(CC(C)C(C)C)NN=O. The van der Waals surface area contributed by atoms with Crippen LogP contribution in [0, 0.1) is 16.7 Å². The zero-order valence-corrected chi connectivity index (χ0v) is 7.79. The van der Waals surface area contributed by atoms with E-state index in [1.54, 1.807) is 0 Å². The average molecular weight is 158 g/mol. The van der Waals surface area contributed by atoms with Gasteiger partial charge in [-0.1, -0.05) is 20.8 Å². The second-order valence-electron chi connectivity index (χ2n) is 3.58. The van der Waals surface area contributed by atoms with Crippen LogP contribution in [0.3, 0.4) is 0 Å². The monoisotopic (exact) mass is 158 g/mol. The fourth-order valence-corrected chi connectivity index (χ4v) is 0.973. The first-order valence-electron chi connectivity index (χ1n) is 4.15. The summed E-state index contributed by atoms with van der Waals surface area (Å²) in [5.74, 6) is 1.31. The summed E-state index contributed by atoms with van der Waals surface area (Å²) in [5.41, 5.74) is 2.50. The normalized spacial score (nSPS) is 16.1. The molecule has 3 heteroatoms. The van der Waals surface area contributed by atoms with Crippen LogP contribution in [0.5, 0.6) is 0 Å². The third kappa shape index (κ3) is 4.76. The smallest absolute Gasteiger partial charge is 0.0498 e. The summed E-state index contributed by atoms with van der Waals surface area (Å²) in [6.07, 6.45) is 1.00. The van der Waals surface area contributed by atoms with Crippen LogP contribution in [0.15, 0.2) is 5.29 Å². The van der Waals surface area contributed by atoms with Gasteiger partial charge in [-0.25, -0.2) is 0 Å². The molecule has 0 radical (unpaired) electrons. The Morgan fingerprint density at radius 1 is 1.27 bits per heavy atom. The molecule has 0 saturated heterocycles. The first kappa shape index (κ1) is 10.4. The first-order valence-corrected chi connectivity index (χ1v) is 4.15. The van der Waals surface area contributed by atoms with Crippen LogP contribution in [-0.4, -0.2) is 6.04 Å². The Hall–Kier alpha value is -0.600. The van der Waals surface area contributed by atoms with E-state index in [1.165, 1.54) is 0 Å². The summed E-state index contributed by atoms with van der Waals surface area (Å²) < 4.78 is 0. The zero-order chi connectivity index (χ0) is 8.85. The minimum Gasteiger partial charge on any atom is -0.271 e. The van der Waals surface area contributed by atoms with Gasteiger partial charge in [-0.15, -0.1) is 4.91 Å². The third-order valence-electron chi connectivity index (χ3n) is 2.14.